The van der Waals surface area contributed by atoms with Crippen LogP contribution in [0.5, 0.6) is 0 Å². The number of hydrogen-bond donors (Lipinski definition) is 2. The first kappa shape index (κ1) is 9.86. The van der Waals surface area contributed by atoms with Crippen LogP contribution >= 0.6 is 0 Å². The molecule has 2 nitrogen and oxygen atoms in total. The molecule has 2 atom stereocenters. The van der Waals surface area contributed by atoms with Crippen molar-refractivity contribution in [3.8, 4) is 0 Å². The number of rotatable bonds is 2. The molecule has 0 aromatic heterocycles. The fourth-order valence-corrected chi connectivity index (χ4v) is 1.69. The van der Waals surface area contributed by atoms with Gasteiger partial charge in [0.1, 0.15) is 0 Å². The maximum atomic E-state index is 12.7. The largest absolute Gasteiger partial charge is 0.390 e. The zero-order valence-corrected chi connectivity index (χ0v) is 7.06. The molecule has 0 aliphatic heterocycles. The van der Waals surface area contributed by atoms with Gasteiger partial charge in [-0.1, -0.05) is 6.92 Å². The number of alkyl halides is 2. The molecular weight excluding hydrogens is 166 g/mol. The minimum Gasteiger partial charge on any atom is -0.390 e. The van der Waals surface area contributed by atoms with Crippen molar-refractivity contribution in [2.24, 2.45) is 0 Å². The van der Waals surface area contributed by atoms with Gasteiger partial charge >= 0.3 is 0 Å². The van der Waals surface area contributed by atoms with Crippen molar-refractivity contribution in [3.05, 3.63) is 0 Å². The normalized spacial score (nSPS) is 36.8. The highest BCUT2D eigenvalue weighted by Crippen LogP contribution is 2.43. The maximum absolute atomic E-state index is 12.7. The molecule has 0 aromatic carbocycles. The molecule has 0 radical (unpaired) electrons. The van der Waals surface area contributed by atoms with E-state index >= 15 is 0 Å². The molecule has 0 heterocycles. The van der Waals surface area contributed by atoms with Crippen molar-refractivity contribution in [2.45, 2.75) is 50.2 Å². The van der Waals surface area contributed by atoms with E-state index in [1.807, 2.05) is 0 Å². The summed E-state index contributed by atoms with van der Waals surface area (Å²) in [4.78, 5) is 0. The predicted octanol–water partition coefficient (Wildman–Crippen LogP) is 1.31. The van der Waals surface area contributed by atoms with E-state index in [-0.39, 0.29) is 12.8 Å². The molecule has 1 saturated carbocycles. The molecule has 1 aliphatic rings. The van der Waals surface area contributed by atoms with E-state index in [9.17, 15) is 19.0 Å². The Balaban J connectivity index is 2.64. The second kappa shape index (κ2) is 2.92. The minimum atomic E-state index is -2.80. The van der Waals surface area contributed by atoms with Crippen molar-refractivity contribution in [1.82, 2.24) is 0 Å². The van der Waals surface area contributed by atoms with Gasteiger partial charge in [0.25, 0.3) is 5.92 Å². The molecule has 0 aromatic rings. The SMILES string of the molecule is CCC(O)C1(O)CCC(F)(F)C1. The average molecular weight is 180 g/mol. The van der Waals surface area contributed by atoms with E-state index in [0.29, 0.717) is 6.42 Å². The van der Waals surface area contributed by atoms with Gasteiger partial charge in [-0.15, -0.1) is 0 Å². The van der Waals surface area contributed by atoms with E-state index < -0.39 is 24.0 Å². The molecule has 72 valence electrons. The van der Waals surface area contributed by atoms with Crippen LogP contribution in [0.2, 0.25) is 0 Å². The molecule has 1 fully saturated rings. The molecular formula is C8H14F2O2. The highest BCUT2D eigenvalue weighted by Gasteiger charge is 2.51. The quantitative estimate of drug-likeness (QED) is 0.672. The summed E-state index contributed by atoms with van der Waals surface area (Å²) in [6, 6.07) is 0. The van der Waals surface area contributed by atoms with Gasteiger partial charge in [-0.2, -0.15) is 0 Å². The third-order valence-corrected chi connectivity index (χ3v) is 2.50. The van der Waals surface area contributed by atoms with Gasteiger partial charge in [0.15, 0.2) is 0 Å². The molecule has 2 N–H and O–H groups in total. The Morgan fingerprint density at radius 2 is 2.00 bits per heavy atom. The summed E-state index contributed by atoms with van der Waals surface area (Å²) in [7, 11) is 0. The lowest BCUT2D eigenvalue weighted by Crippen LogP contribution is -2.40. The first-order valence-corrected chi connectivity index (χ1v) is 4.18. The third-order valence-electron chi connectivity index (χ3n) is 2.50. The first-order valence-electron chi connectivity index (χ1n) is 4.18. The molecule has 1 rings (SSSR count). The van der Waals surface area contributed by atoms with Crippen LogP contribution in [0.25, 0.3) is 0 Å². The van der Waals surface area contributed by atoms with Crippen LogP contribution in [0.15, 0.2) is 0 Å². The summed E-state index contributed by atoms with van der Waals surface area (Å²) in [5, 5.41) is 18.8. The lowest BCUT2D eigenvalue weighted by Gasteiger charge is -2.27. The lowest BCUT2D eigenvalue weighted by molar-refractivity contribution is -0.0963. The average Bonchev–Trinajstić information content (AvgIpc) is 2.25. The van der Waals surface area contributed by atoms with Gasteiger partial charge < -0.3 is 10.2 Å². The fourth-order valence-electron chi connectivity index (χ4n) is 1.69. The lowest BCUT2D eigenvalue weighted by atomic mass is 9.93. The van der Waals surface area contributed by atoms with Gasteiger partial charge in [-0.25, -0.2) is 8.78 Å². The summed E-state index contributed by atoms with van der Waals surface area (Å²) in [5.74, 6) is -2.80. The maximum Gasteiger partial charge on any atom is 0.251 e. The standard InChI is InChI=1S/C8H14F2O2/c1-2-6(11)7(12)3-4-8(9,10)5-7/h6,11-12H,2-5H2,1H3. The number of aliphatic hydroxyl groups excluding tert-OH is 1. The smallest absolute Gasteiger partial charge is 0.251 e. The molecule has 1 aliphatic carbocycles. The monoisotopic (exact) mass is 180 g/mol. The van der Waals surface area contributed by atoms with E-state index in [1.54, 1.807) is 6.92 Å². The van der Waals surface area contributed by atoms with Crippen LogP contribution in [0.4, 0.5) is 8.78 Å². The Morgan fingerprint density at radius 3 is 2.33 bits per heavy atom. The molecule has 0 amide bonds. The van der Waals surface area contributed by atoms with Crippen LogP contribution in [-0.4, -0.2) is 27.8 Å². The zero-order chi connectivity index (χ0) is 9.41. The highest BCUT2D eigenvalue weighted by molar-refractivity contribution is 4.97. The zero-order valence-electron chi connectivity index (χ0n) is 7.06. The molecule has 2 unspecified atom stereocenters. The predicted molar refractivity (Wildman–Crippen MR) is 40.0 cm³/mol. The Labute approximate surface area is 70.2 Å². The molecule has 0 bridgehead atoms. The number of aliphatic hydroxyl groups is 2. The third kappa shape index (κ3) is 1.75. The van der Waals surface area contributed by atoms with Gasteiger partial charge in [0.05, 0.1) is 11.7 Å². The van der Waals surface area contributed by atoms with Gasteiger partial charge in [-0.05, 0) is 12.8 Å². The van der Waals surface area contributed by atoms with Crippen molar-refractivity contribution < 1.29 is 19.0 Å². The second-order valence-electron chi connectivity index (χ2n) is 3.56. The molecule has 4 heteroatoms. The molecule has 12 heavy (non-hydrogen) atoms. The minimum absolute atomic E-state index is 0.00495. The van der Waals surface area contributed by atoms with E-state index in [0.717, 1.165) is 0 Å². The number of hydrogen-bond acceptors (Lipinski definition) is 2. The van der Waals surface area contributed by atoms with Crippen molar-refractivity contribution >= 4 is 0 Å². The summed E-state index contributed by atoms with van der Waals surface area (Å²) >= 11 is 0. The van der Waals surface area contributed by atoms with Crippen molar-refractivity contribution in [2.75, 3.05) is 0 Å². The van der Waals surface area contributed by atoms with Crippen molar-refractivity contribution in [1.29, 1.82) is 0 Å². The number of halogens is 2. The topological polar surface area (TPSA) is 40.5 Å². The summed E-state index contributed by atoms with van der Waals surface area (Å²) in [5.41, 5.74) is -1.56. The second-order valence-corrected chi connectivity index (χ2v) is 3.56. The summed E-state index contributed by atoms with van der Waals surface area (Å²) < 4.78 is 25.3. The van der Waals surface area contributed by atoms with Crippen LogP contribution < -0.4 is 0 Å². The Hall–Kier alpha value is -0.220. The van der Waals surface area contributed by atoms with Crippen LogP contribution in [-0.2, 0) is 0 Å². The summed E-state index contributed by atoms with van der Waals surface area (Å²) in [6.45, 7) is 1.67. The summed E-state index contributed by atoms with van der Waals surface area (Å²) in [6.07, 6.45) is -1.64. The Bertz CT molecular complexity index is 172. The van der Waals surface area contributed by atoms with Gasteiger partial charge in [-0.3, -0.25) is 0 Å². The van der Waals surface area contributed by atoms with Crippen molar-refractivity contribution in [3.63, 3.8) is 0 Å². The van der Waals surface area contributed by atoms with Gasteiger partial charge in [0, 0.05) is 12.8 Å². The van der Waals surface area contributed by atoms with E-state index in [4.69, 9.17) is 0 Å². The molecule has 0 spiro atoms. The first-order chi connectivity index (χ1) is 5.40. The van der Waals surface area contributed by atoms with Crippen LogP contribution in [0.1, 0.15) is 32.6 Å². The van der Waals surface area contributed by atoms with Gasteiger partial charge in [0.2, 0.25) is 0 Å². The van der Waals surface area contributed by atoms with E-state index in [2.05, 4.69) is 0 Å². The Kier molecular flexibility index (Phi) is 2.40. The van der Waals surface area contributed by atoms with E-state index in [1.165, 1.54) is 0 Å². The fraction of sp³-hybridized carbons (Fsp3) is 1.00. The molecule has 0 saturated heterocycles. The Morgan fingerprint density at radius 1 is 1.42 bits per heavy atom. The van der Waals surface area contributed by atoms with Crippen LogP contribution in [0, 0.1) is 0 Å². The van der Waals surface area contributed by atoms with Crippen LogP contribution in [0.3, 0.4) is 0 Å². The highest BCUT2D eigenvalue weighted by atomic mass is 19.3.